The molecule has 1 heterocycles. The Morgan fingerprint density at radius 2 is 1.78 bits per heavy atom. The molecular weight excluding hydrogens is 342 g/mol. The monoisotopic (exact) mass is 363 g/mol. The smallest absolute Gasteiger partial charge is 0.233 e. The first-order chi connectivity index (χ1) is 13.1. The number of pyridine rings is 1. The second-order valence-corrected chi connectivity index (χ2v) is 6.12. The van der Waals surface area contributed by atoms with Gasteiger partial charge in [0.05, 0.1) is 6.54 Å². The number of nitrogens with one attached hydrogen (secondary N) is 2. The molecule has 0 saturated carbocycles. The minimum absolute atomic E-state index is 0.232. The molecule has 6 heteroatoms. The van der Waals surface area contributed by atoms with Crippen molar-refractivity contribution in [2.75, 3.05) is 18.5 Å². The van der Waals surface area contributed by atoms with Crippen molar-refractivity contribution in [3.63, 3.8) is 0 Å². The van der Waals surface area contributed by atoms with E-state index in [2.05, 4.69) is 15.6 Å². The minimum Gasteiger partial charge on any atom is -0.489 e. The van der Waals surface area contributed by atoms with Gasteiger partial charge in [-0.05, 0) is 31.2 Å². The summed E-state index contributed by atoms with van der Waals surface area (Å²) in [7, 11) is 0. The van der Waals surface area contributed by atoms with E-state index in [0.29, 0.717) is 24.6 Å². The van der Waals surface area contributed by atoms with Gasteiger partial charge in [-0.2, -0.15) is 0 Å². The predicted molar refractivity (Wildman–Crippen MR) is 105 cm³/mol. The molecule has 0 atom stereocenters. The number of benzene rings is 2. The Hall–Kier alpha value is -3.41. The summed E-state index contributed by atoms with van der Waals surface area (Å²) in [4.78, 5) is 28.1. The van der Waals surface area contributed by atoms with Crippen LogP contribution in [0.4, 0.5) is 5.69 Å². The maximum atomic E-state index is 11.9. The minimum atomic E-state index is -0.351. The van der Waals surface area contributed by atoms with Gasteiger partial charge in [-0.25, -0.2) is 0 Å². The second kappa shape index (κ2) is 8.80. The van der Waals surface area contributed by atoms with Crippen LogP contribution in [0.3, 0.4) is 0 Å². The molecule has 0 unspecified atom stereocenters. The molecule has 2 aromatic carbocycles. The molecule has 3 aromatic rings. The van der Waals surface area contributed by atoms with E-state index in [-0.39, 0.29) is 18.2 Å². The number of amides is 2. The molecule has 0 spiro atoms. The molecule has 1 aromatic heterocycles. The number of rotatable bonds is 7. The zero-order valence-corrected chi connectivity index (χ0v) is 15.1. The number of hydrogen-bond donors (Lipinski definition) is 2. The molecule has 0 bridgehead atoms. The Morgan fingerprint density at radius 3 is 2.59 bits per heavy atom. The summed E-state index contributed by atoms with van der Waals surface area (Å²) in [6.45, 7) is 2.57. The lowest BCUT2D eigenvalue weighted by atomic mass is 10.2. The van der Waals surface area contributed by atoms with Gasteiger partial charge < -0.3 is 15.4 Å². The Kier molecular flexibility index (Phi) is 5.99. The predicted octanol–water partition coefficient (Wildman–Crippen LogP) is 3.07. The summed E-state index contributed by atoms with van der Waals surface area (Å²) in [5, 5.41) is 6.37. The van der Waals surface area contributed by atoms with Crippen molar-refractivity contribution in [2.45, 2.75) is 13.3 Å². The van der Waals surface area contributed by atoms with Crippen LogP contribution in [0.15, 0.2) is 60.8 Å². The molecule has 2 amide bonds. The van der Waals surface area contributed by atoms with Crippen LogP contribution >= 0.6 is 0 Å². The summed E-state index contributed by atoms with van der Waals surface area (Å²) in [5.74, 6) is -0.0331. The molecule has 0 aliphatic rings. The lowest BCUT2D eigenvalue weighted by Crippen LogP contribution is -2.31. The summed E-state index contributed by atoms with van der Waals surface area (Å²) in [5.41, 5.74) is 2.56. The molecule has 0 saturated heterocycles. The number of hydrogen-bond acceptors (Lipinski definition) is 4. The van der Waals surface area contributed by atoms with E-state index < -0.39 is 0 Å². The third kappa shape index (κ3) is 5.28. The van der Waals surface area contributed by atoms with Gasteiger partial charge in [0.2, 0.25) is 11.8 Å². The summed E-state index contributed by atoms with van der Waals surface area (Å²) in [6, 6.07) is 16.9. The quantitative estimate of drug-likeness (QED) is 0.499. The van der Waals surface area contributed by atoms with Crippen LogP contribution in [0.2, 0.25) is 0 Å². The van der Waals surface area contributed by atoms with E-state index in [9.17, 15) is 9.59 Å². The molecule has 0 radical (unpaired) electrons. The molecule has 0 fully saturated rings. The third-order valence-electron chi connectivity index (χ3n) is 3.93. The molecule has 2 N–H and O–H groups in total. The highest BCUT2D eigenvalue weighted by atomic mass is 16.5. The Morgan fingerprint density at radius 1 is 1.00 bits per heavy atom. The number of ether oxygens (including phenoxy) is 1. The van der Waals surface area contributed by atoms with Crippen molar-refractivity contribution in [2.24, 2.45) is 0 Å². The van der Waals surface area contributed by atoms with Crippen LogP contribution in [-0.4, -0.2) is 29.9 Å². The van der Waals surface area contributed by atoms with Gasteiger partial charge in [0.15, 0.2) is 0 Å². The average molecular weight is 363 g/mol. The molecule has 0 aliphatic carbocycles. The average Bonchev–Trinajstić information content (AvgIpc) is 2.67. The summed E-state index contributed by atoms with van der Waals surface area (Å²) < 4.78 is 5.70. The first kappa shape index (κ1) is 18.4. The zero-order chi connectivity index (χ0) is 19.1. The number of carbonyl (C=O) groups excluding carboxylic acids is 2. The number of para-hydroxylation sites is 1. The Bertz CT molecular complexity index is 934. The van der Waals surface area contributed by atoms with Gasteiger partial charge >= 0.3 is 0 Å². The Labute approximate surface area is 157 Å². The number of aryl methyl sites for hydroxylation is 1. The van der Waals surface area contributed by atoms with E-state index in [1.54, 1.807) is 18.3 Å². The fourth-order valence-electron chi connectivity index (χ4n) is 2.59. The number of carbonyl (C=O) groups is 2. The van der Waals surface area contributed by atoms with Crippen molar-refractivity contribution in [3.8, 4) is 5.75 Å². The van der Waals surface area contributed by atoms with Gasteiger partial charge in [-0.1, -0.05) is 35.9 Å². The van der Waals surface area contributed by atoms with Crippen LogP contribution < -0.4 is 15.4 Å². The van der Waals surface area contributed by atoms with Crippen LogP contribution in [0.25, 0.3) is 10.9 Å². The zero-order valence-electron chi connectivity index (χ0n) is 15.1. The van der Waals surface area contributed by atoms with Crippen LogP contribution in [0, 0.1) is 6.92 Å². The first-order valence-electron chi connectivity index (χ1n) is 8.71. The topological polar surface area (TPSA) is 80.3 Å². The molecular formula is C21H21N3O3. The lowest BCUT2D eigenvalue weighted by molar-refractivity contribution is -0.126. The van der Waals surface area contributed by atoms with Crippen molar-refractivity contribution in [3.05, 3.63) is 66.4 Å². The molecule has 6 nitrogen and oxygen atoms in total. The largest absolute Gasteiger partial charge is 0.489 e. The van der Waals surface area contributed by atoms with Gasteiger partial charge in [-0.3, -0.25) is 14.6 Å². The molecule has 0 aliphatic heterocycles. The van der Waals surface area contributed by atoms with E-state index in [4.69, 9.17) is 4.74 Å². The van der Waals surface area contributed by atoms with Gasteiger partial charge in [0.25, 0.3) is 0 Å². The molecule has 138 valence electrons. The van der Waals surface area contributed by atoms with Crippen LogP contribution in [-0.2, 0) is 9.59 Å². The lowest BCUT2D eigenvalue weighted by Gasteiger charge is -2.10. The van der Waals surface area contributed by atoms with E-state index in [1.807, 2.05) is 49.4 Å². The maximum Gasteiger partial charge on any atom is 0.233 e. The standard InChI is InChI=1S/C21H21N3O3/c1-15-7-9-17(10-8-15)24-20(26)14-19(25)22-12-13-27-18-6-2-4-16-5-3-11-23-21(16)18/h2-11H,12-14H2,1H3,(H,22,25)(H,24,26). The number of nitrogens with zero attached hydrogens (tertiary/aromatic N) is 1. The second-order valence-electron chi connectivity index (χ2n) is 6.12. The Balaban J connectivity index is 1.41. The van der Waals surface area contributed by atoms with Crippen molar-refractivity contribution in [1.82, 2.24) is 10.3 Å². The highest BCUT2D eigenvalue weighted by molar-refractivity contribution is 6.03. The van der Waals surface area contributed by atoms with Gasteiger partial charge in [-0.15, -0.1) is 0 Å². The van der Waals surface area contributed by atoms with Crippen molar-refractivity contribution >= 4 is 28.4 Å². The third-order valence-corrected chi connectivity index (χ3v) is 3.93. The first-order valence-corrected chi connectivity index (χ1v) is 8.71. The van der Waals surface area contributed by atoms with E-state index >= 15 is 0 Å². The van der Waals surface area contributed by atoms with Crippen molar-refractivity contribution in [1.29, 1.82) is 0 Å². The number of aromatic nitrogens is 1. The fourth-order valence-corrected chi connectivity index (χ4v) is 2.59. The highest BCUT2D eigenvalue weighted by Crippen LogP contribution is 2.22. The highest BCUT2D eigenvalue weighted by Gasteiger charge is 2.09. The van der Waals surface area contributed by atoms with Crippen LogP contribution in [0.5, 0.6) is 5.75 Å². The molecule has 3 rings (SSSR count). The summed E-state index contributed by atoms with van der Waals surface area (Å²) in [6.07, 6.45) is 1.48. The molecule has 27 heavy (non-hydrogen) atoms. The number of fused-ring (bicyclic) bond motifs is 1. The van der Waals surface area contributed by atoms with Crippen LogP contribution in [0.1, 0.15) is 12.0 Å². The van der Waals surface area contributed by atoms with E-state index in [1.165, 1.54) is 0 Å². The SMILES string of the molecule is Cc1ccc(NC(=O)CC(=O)NCCOc2cccc3cccnc23)cc1. The van der Waals surface area contributed by atoms with Gasteiger partial charge in [0.1, 0.15) is 24.3 Å². The maximum absolute atomic E-state index is 11.9. The van der Waals surface area contributed by atoms with Gasteiger partial charge in [0, 0.05) is 17.3 Å². The normalized spacial score (nSPS) is 10.4. The van der Waals surface area contributed by atoms with E-state index in [0.717, 1.165) is 16.5 Å². The summed E-state index contributed by atoms with van der Waals surface area (Å²) >= 11 is 0. The van der Waals surface area contributed by atoms with Crippen molar-refractivity contribution < 1.29 is 14.3 Å². The fraction of sp³-hybridized carbons (Fsp3) is 0.190. The number of anilines is 1.